The molecule has 32 heavy (non-hydrogen) atoms. The number of hydrogen-bond acceptors (Lipinski definition) is 5. The van der Waals surface area contributed by atoms with Gasteiger partial charge in [0.1, 0.15) is 10.7 Å². The van der Waals surface area contributed by atoms with Crippen LogP contribution >= 0.6 is 11.3 Å². The molecule has 5 rings (SSSR count). The molecule has 5 nitrogen and oxygen atoms in total. The Hall–Kier alpha value is -2.80. The third-order valence-electron chi connectivity index (χ3n) is 6.28. The average molecular weight is 445 g/mol. The van der Waals surface area contributed by atoms with Crippen molar-refractivity contribution in [2.24, 2.45) is 0 Å². The molecule has 0 amide bonds. The van der Waals surface area contributed by atoms with Crippen LogP contribution in [0.5, 0.6) is 0 Å². The minimum Gasteiger partial charge on any atom is -0.309 e. The molecule has 2 N–H and O–H groups in total. The van der Waals surface area contributed by atoms with Crippen LogP contribution in [0.15, 0.2) is 70.8 Å². The maximum absolute atomic E-state index is 12.9. The fraction of sp³-hybridized carbons (Fsp3) is 0.308. The standard InChI is InChI=1S/C26H28N4OS/c1-18(27-21-12-14-30(15-13-21)16-19-8-4-2-5-9-19)24-28-25(31)23-22(17-32-26(23)29-24)20-10-6-3-7-11-20/h2-11,17-18,21,27H,12-16H2,1H3,(H,28,29,31). The summed E-state index contributed by atoms with van der Waals surface area (Å²) < 4.78 is 0. The molecule has 1 unspecified atom stereocenters. The summed E-state index contributed by atoms with van der Waals surface area (Å²) in [6.07, 6.45) is 2.20. The maximum Gasteiger partial charge on any atom is 0.260 e. The zero-order valence-corrected chi connectivity index (χ0v) is 19.1. The van der Waals surface area contributed by atoms with Gasteiger partial charge in [-0.25, -0.2) is 4.98 Å². The van der Waals surface area contributed by atoms with E-state index in [0.29, 0.717) is 11.4 Å². The third-order valence-corrected chi connectivity index (χ3v) is 7.15. The van der Waals surface area contributed by atoms with E-state index in [-0.39, 0.29) is 11.6 Å². The minimum absolute atomic E-state index is 0.0000450. The molecule has 1 atom stereocenters. The summed E-state index contributed by atoms with van der Waals surface area (Å²) in [4.78, 5) is 24.1. The van der Waals surface area contributed by atoms with E-state index >= 15 is 0 Å². The fourth-order valence-corrected chi connectivity index (χ4v) is 5.49. The molecule has 1 saturated heterocycles. The lowest BCUT2D eigenvalue weighted by atomic mass is 10.0. The summed E-state index contributed by atoms with van der Waals surface area (Å²) in [7, 11) is 0. The number of nitrogens with zero attached hydrogens (tertiary/aromatic N) is 2. The summed E-state index contributed by atoms with van der Waals surface area (Å²) in [5.74, 6) is 0.718. The van der Waals surface area contributed by atoms with E-state index in [4.69, 9.17) is 4.98 Å². The van der Waals surface area contributed by atoms with Gasteiger partial charge in [0, 0.05) is 23.5 Å². The summed E-state index contributed by atoms with van der Waals surface area (Å²) in [6, 6.07) is 21.1. The van der Waals surface area contributed by atoms with Crippen molar-refractivity contribution in [3.8, 4) is 11.1 Å². The van der Waals surface area contributed by atoms with Gasteiger partial charge in [-0.15, -0.1) is 11.3 Å². The molecule has 1 aliphatic rings. The molecular formula is C26H28N4OS. The van der Waals surface area contributed by atoms with Crippen LogP contribution in [0.25, 0.3) is 21.3 Å². The number of fused-ring (bicyclic) bond motifs is 1. The van der Waals surface area contributed by atoms with Crippen molar-refractivity contribution < 1.29 is 0 Å². The number of aromatic nitrogens is 2. The highest BCUT2D eigenvalue weighted by atomic mass is 32.1. The van der Waals surface area contributed by atoms with Gasteiger partial charge in [0.2, 0.25) is 0 Å². The average Bonchev–Trinajstić information content (AvgIpc) is 3.26. The quantitative estimate of drug-likeness (QED) is 0.441. The van der Waals surface area contributed by atoms with Crippen molar-refractivity contribution in [1.82, 2.24) is 20.2 Å². The van der Waals surface area contributed by atoms with Gasteiger partial charge in [0.15, 0.2) is 0 Å². The van der Waals surface area contributed by atoms with Crippen LogP contribution in [0.4, 0.5) is 0 Å². The van der Waals surface area contributed by atoms with Crippen LogP contribution in [0.2, 0.25) is 0 Å². The van der Waals surface area contributed by atoms with Gasteiger partial charge in [0.05, 0.1) is 11.4 Å². The highest BCUT2D eigenvalue weighted by Gasteiger charge is 2.22. The lowest BCUT2D eigenvalue weighted by Gasteiger charge is -2.33. The van der Waals surface area contributed by atoms with Gasteiger partial charge in [-0.2, -0.15) is 0 Å². The zero-order valence-electron chi connectivity index (χ0n) is 18.3. The monoisotopic (exact) mass is 444 g/mol. The lowest BCUT2D eigenvalue weighted by Crippen LogP contribution is -2.43. The van der Waals surface area contributed by atoms with Crippen LogP contribution in [0, 0.1) is 0 Å². The second kappa shape index (κ2) is 9.36. The van der Waals surface area contributed by atoms with Crippen molar-refractivity contribution in [2.45, 2.75) is 38.4 Å². The first kappa shape index (κ1) is 21.1. The highest BCUT2D eigenvalue weighted by molar-refractivity contribution is 7.17. The number of likely N-dealkylation sites (tertiary alicyclic amines) is 1. The summed E-state index contributed by atoms with van der Waals surface area (Å²) in [5, 5.41) is 6.42. The van der Waals surface area contributed by atoms with Gasteiger partial charge >= 0.3 is 0 Å². The highest BCUT2D eigenvalue weighted by Crippen LogP contribution is 2.31. The Labute approximate surface area is 192 Å². The van der Waals surface area contributed by atoms with E-state index in [2.05, 4.69) is 52.5 Å². The van der Waals surface area contributed by atoms with Gasteiger partial charge in [0.25, 0.3) is 5.56 Å². The van der Waals surface area contributed by atoms with Gasteiger partial charge in [-0.3, -0.25) is 9.69 Å². The molecule has 0 spiro atoms. The molecule has 2 aromatic heterocycles. The fourth-order valence-electron chi connectivity index (χ4n) is 4.53. The molecule has 6 heteroatoms. The number of rotatable bonds is 6. The van der Waals surface area contributed by atoms with Crippen molar-refractivity contribution >= 4 is 21.6 Å². The predicted octanol–water partition coefficient (Wildman–Crippen LogP) is 4.97. The van der Waals surface area contributed by atoms with Crippen LogP contribution in [-0.4, -0.2) is 34.0 Å². The summed E-state index contributed by atoms with van der Waals surface area (Å²) in [5.41, 5.74) is 3.31. The molecule has 0 bridgehead atoms. The first-order chi connectivity index (χ1) is 15.7. The van der Waals surface area contributed by atoms with Crippen molar-refractivity contribution in [1.29, 1.82) is 0 Å². The van der Waals surface area contributed by atoms with Crippen LogP contribution in [-0.2, 0) is 6.54 Å². The molecule has 3 heterocycles. The topological polar surface area (TPSA) is 61.0 Å². The SMILES string of the molecule is CC(NC1CCN(Cc2ccccc2)CC1)c1nc2scc(-c3ccccc3)c2c(=O)[nH]1. The second-order valence-corrected chi connectivity index (χ2v) is 9.43. The Balaban J connectivity index is 1.25. The van der Waals surface area contributed by atoms with E-state index < -0.39 is 0 Å². The summed E-state index contributed by atoms with van der Waals surface area (Å²) in [6.45, 7) is 5.25. The van der Waals surface area contributed by atoms with E-state index in [0.717, 1.165) is 54.3 Å². The van der Waals surface area contributed by atoms with E-state index in [1.807, 2.05) is 35.7 Å². The number of benzene rings is 2. The first-order valence-corrected chi connectivity index (χ1v) is 12.1. The Bertz CT molecular complexity index is 1230. The summed E-state index contributed by atoms with van der Waals surface area (Å²) >= 11 is 1.54. The number of nitrogens with one attached hydrogen (secondary N) is 2. The van der Waals surface area contributed by atoms with Crippen LogP contribution in [0.3, 0.4) is 0 Å². The van der Waals surface area contributed by atoms with Gasteiger partial charge in [-0.1, -0.05) is 60.7 Å². The number of aromatic amines is 1. The molecule has 4 aromatic rings. The Morgan fingerprint density at radius 2 is 1.78 bits per heavy atom. The maximum atomic E-state index is 12.9. The normalized spacial score (nSPS) is 16.4. The van der Waals surface area contributed by atoms with Crippen molar-refractivity contribution in [2.75, 3.05) is 13.1 Å². The van der Waals surface area contributed by atoms with E-state index in [1.165, 1.54) is 16.9 Å². The van der Waals surface area contributed by atoms with Gasteiger partial charge < -0.3 is 10.3 Å². The van der Waals surface area contributed by atoms with E-state index in [1.54, 1.807) is 0 Å². The van der Waals surface area contributed by atoms with E-state index in [9.17, 15) is 4.79 Å². The molecule has 0 aliphatic carbocycles. The van der Waals surface area contributed by atoms with Crippen LogP contribution < -0.4 is 10.9 Å². The lowest BCUT2D eigenvalue weighted by molar-refractivity contribution is 0.184. The minimum atomic E-state index is -0.0589. The third kappa shape index (κ3) is 4.53. The molecular weight excluding hydrogens is 416 g/mol. The number of piperidine rings is 1. The molecule has 1 fully saturated rings. The largest absolute Gasteiger partial charge is 0.309 e. The number of hydrogen-bond donors (Lipinski definition) is 2. The predicted molar refractivity (Wildman–Crippen MR) is 132 cm³/mol. The smallest absolute Gasteiger partial charge is 0.260 e. The Morgan fingerprint density at radius 1 is 1.09 bits per heavy atom. The molecule has 164 valence electrons. The molecule has 2 aromatic carbocycles. The van der Waals surface area contributed by atoms with Crippen LogP contribution in [0.1, 0.15) is 37.2 Å². The van der Waals surface area contributed by atoms with Crippen molar-refractivity contribution in [3.63, 3.8) is 0 Å². The number of H-pyrrole nitrogens is 1. The molecule has 1 aliphatic heterocycles. The zero-order chi connectivity index (χ0) is 21.9. The number of thiophene rings is 1. The molecule has 0 saturated carbocycles. The van der Waals surface area contributed by atoms with Gasteiger partial charge in [-0.05, 0) is 44.0 Å². The first-order valence-electron chi connectivity index (χ1n) is 11.3. The Morgan fingerprint density at radius 3 is 2.50 bits per heavy atom. The Kier molecular flexibility index (Phi) is 6.17. The molecule has 0 radical (unpaired) electrons. The second-order valence-electron chi connectivity index (χ2n) is 8.57. The van der Waals surface area contributed by atoms with Crippen molar-refractivity contribution in [3.05, 3.63) is 87.8 Å².